The van der Waals surface area contributed by atoms with Crippen molar-refractivity contribution in [3.8, 4) is 17.2 Å². The molecule has 0 saturated carbocycles. The van der Waals surface area contributed by atoms with Crippen LogP contribution >= 0.6 is 0 Å². The van der Waals surface area contributed by atoms with E-state index in [9.17, 15) is 9.59 Å². The Morgan fingerprint density at radius 1 is 1.17 bits per heavy atom. The summed E-state index contributed by atoms with van der Waals surface area (Å²) in [7, 11) is 4.66. The Bertz CT molecular complexity index is 937. The molecule has 29 heavy (non-hydrogen) atoms. The molecule has 0 fully saturated rings. The molecule has 1 N–H and O–H groups in total. The van der Waals surface area contributed by atoms with Crippen molar-refractivity contribution in [1.29, 1.82) is 0 Å². The number of hydrogen-bond donors (Lipinski definition) is 1. The molecule has 0 spiro atoms. The fraction of sp³-hybridized carbons (Fsp3) is 0.450. The van der Waals surface area contributed by atoms with Gasteiger partial charge in [-0.15, -0.1) is 0 Å². The number of rotatable bonds is 7. The maximum Gasteiger partial charge on any atom is 0.327 e. The average molecular weight is 403 g/mol. The van der Waals surface area contributed by atoms with Gasteiger partial charge in [0.05, 0.1) is 33.6 Å². The molecule has 1 aromatic heterocycles. The van der Waals surface area contributed by atoms with Crippen LogP contribution in [0.2, 0.25) is 0 Å². The number of aromatic nitrogens is 2. The van der Waals surface area contributed by atoms with E-state index in [-0.39, 0.29) is 31.4 Å². The Kier molecular flexibility index (Phi) is 5.95. The van der Waals surface area contributed by atoms with Gasteiger partial charge in [0.1, 0.15) is 18.1 Å². The number of carbonyl (C=O) groups excluding carboxylic acids is 2. The Labute approximate surface area is 168 Å². The highest BCUT2D eigenvalue weighted by molar-refractivity contribution is 5.95. The number of esters is 1. The molecule has 9 heteroatoms. The van der Waals surface area contributed by atoms with Crippen molar-refractivity contribution in [2.45, 2.75) is 32.7 Å². The van der Waals surface area contributed by atoms with E-state index in [1.165, 1.54) is 4.68 Å². The van der Waals surface area contributed by atoms with Crippen molar-refractivity contribution in [2.24, 2.45) is 0 Å². The van der Waals surface area contributed by atoms with Crippen LogP contribution in [0.3, 0.4) is 0 Å². The number of amides is 1. The fourth-order valence-electron chi connectivity index (χ4n) is 3.65. The van der Waals surface area contributed by atoms with Crippen molar-refractivity contribution in [3.63, 3.8) is 0 Å². The quantitative estimate of drug-likeness (QED) is 0.708. The van der Waals surface area contributed by atoms with Crippen LogP contribution < -0.4 is 19.5 Å². The van der Waals surface area contributed by atoms with Gasteiger partial charge < -0.3 is 24.3 Å². The number of methoxy groups -OCH3 is 3. The van der Waals surface area contributed by atoms with E-state index < -0.39 is 5.97 Å². The van der Waals surface area contributed by atoms with E-state index in [0.717, 1.165) is 11.1 Å². The fourth-order valence-corrected chi connectivity index (χ4v) is 3.65. The molecule has 9 nitrogen and oxygen atoms in total. The van der Waals surface area contributed by atoms with Crippen LogP contribution in [0.5, 0.6) is 17.2 Å². The number of carbonyl (C=O) groups is 2. The number of aryl methyl sites for hydroxylation is 1. The maximum atomic E-state index is 12.5. The molecule has 2 aromatic rings. The summed E-state index contributed by atoms with van der Waals surface area (Å²) in [5.41, 5.74) is 2.32. The minimum Gasteiger partial charge on any atom is -0.496 e. The summed E-state index contributed by atoms with van der Waals surface area (Å²) in [4.78, 5) is 24.4. The molecule has 2 heterocycles. The summed E-state index contributed by atoms with van der Waals surface area (Å²) in [6.07, 6.45) is 0.213. The Hall–Kier alpha value is -3.23. The van der Waals surface area contributed by atoms with Gasteiger partial charge in [0.15, 0.2) is 11.5 Å². The standard InChI is InChI=1S/C20H25N3O6/c1-6-29-18(25)10-23-20-19(11(2)22-23)13(8-17(24)21-20)12-7-15(27-4)16(28-5)9-14(12)26-3/h7,9,13H,6,8,10H2,1-5H3,(H,21,24). The molecule has 156 valence electrons. The van der Waals surface area contributed by atoms with Gasteiger partial charge in [-0.25, -0.2) is 4.68 Å². The van der Waals surface area contributed by atoms with Gasteiger partial charge in [-0.05, 0) is 19.9 Å². The molecular weight excluding hydrogens is 378 g/mol. The Morgan fingerprint density at radius 2 is 1.83 bits per heavy atom. The topological polar surface area (TPSA) is 101 Å². The predicted octanol–water partition coefficient (Wildman–Crippen LogP) is 2.25. The number of anilines is 1. The van der Waals surface area contributed by atoms with Gasteiger partial charge in [0.25, 0.3) is 0 Å². The highest BCUT2D eigenvalue weighted by atomic mass is 16.5. The van der Waals surface area contributed by atoms with Crippen LogP contribution in [0.25, 0.3) is 0 Å². The number of ether oxygens (including phenoxy) is 4. The van der Waals surface area contributed by atoms with Crippen molar-refractivity contribution < 1.29 is 28.5 Å². The molecule has 3 rings (SSSR count). The highest BCUT2D eigenvalue weighted by Gasteiger charge is 2.35. The second-order valence-electron chi connectivity index (χ2n) is 6.56. The van der Waals surface area contributed by atoms with E-state index in [1.807, 2.05) is 13.0 Å². The van der Waals surface area contributed by atoms with Crippen molar-refractivity contribution >= 4 is 17.7 Å². The highest BCUT2D eigenvalue weighted by Crippen LogP contribution is 2.45. The van der Waals surface area contributed by atoms with Crippen LogP contribution in [0.1, 0.15) is 36.1 Å². The summed E-state index contributed by atoms with van der Waals surface area (Å²) in [6, 6.07) is 3.55. The van der Waals surface area contributed by atoms with Crippen molar-refractivity contribution in [1.82, 2.24) is 9.78 Å². The normalized spacial score (nSPS) is 15.3. The molecule has 0 bridgehead atoms. The van der Waals surface area contributed by atoms with Gasteiger partial charge >= 0.3 is 5.97 Å². The minimum absolute atomic E-state index is 0.0833. The average Bonchev–Trinajstić information content (AvgIpc) is 3.01. The zero-order valence-electron chi connectivity index (χ0n) is 17.2. The third kappa shape index (κ3) is 3.85. The maximum absolute atomic E-state index is 12.5. The lowest BCUT2D eigenvalue weighted by molar-refractivity contribution is -0.144. The molecule has 1 unspecified atom stereocenters. The number of benzene rings is 1. The molecule has 1 atom stereocenters. The molecule has 1 aliphatic heterocycles. The van der Waals surface area contributed by atoms with Crippen LogP contribution in [0.15, 0.2) is 12.1 Å². The van der Waals surface area contributed by atoms with Gasteiger partial charge in [-0.2, -0.15) is 5.10 Å². The number of fused-ring (bicyclic) bond motifs is 1. The van der Waals surface area contributed by atoms with Crippen molar-refractivity contribution in [2.75, 3.05) is 33.3 Å². The molecule has 0 saturated heterocycles. The van der Waals surface area contributed by atoms with E-state index in [4.69, 9.17) is 18.9 Å². The molecular formula is C20H25N3O6. The van der Waals surface area contributed by atoms with Crippen LogP contribution in [-0.4, -0.2) is 49.6 Å². The second-order valence-corrected chi connectivity index (χ2v) is 6.56. The molecule has 0 radical (unpaired) electrons. The smallest absolute Gasteiger partial charge is 0.327 e. The molecule has 0 aliphatic carbocycles. The predicted molar refractivity (Wildman–Crippen MR) is 105 cm³/mol. The lowest BCUT2D eigenvalue weighted by atomic mass is 9.85. The lowest BCUT2D eigenvalue weighted by Gasteiger charge is -2.26. The van der Waals surface area contributed by atoms with E-state index in [0.29, 0.717) is 28.8 Å². The summed E-state index contributed by atoms with van der Waals surface area (Å²) in [5, 5.41) is 7.30. The van der Waals surface area contributed by atoms with Gasteiger partial charge in [0.2, 0.25) is 5.91 Å². The molecule has 1 aliphatic rings. The largest absolute Gasteiger partial charge is 0.496 e. The monoisotopic (exact) mass is 403 g/mol. The number of hydrogen-bond acceptors (Lipinski definition) is 7. The first-order valence-corrected chi connectivity index (χ1v) is 9.26. The van der Waals surface area contributed by atoms with Gasteiger partial charge in [-0.1, -0.05) is 0 Å². The SMILES string of the molecule is CCOC(=O)Cn1nc(C)c2c1NC(=O)CC2c1cc(OC)c(OC)cc1OC. The van der Waals surface area contributed by atoms with Crippen LogP contribution in [0, 0.1) is 6.92 Å². The van der Waals surface area contributed by atoms with E-state index >= 15 is 0 Å². The van der Waals surface area contributed by atoms with Crippen LogP contribution in [-0.2, 0) is 20.9 Å². The zero-order valence-corrected chi connectivity index (χ0v) is 17.2. The summed E-state index contributed by atoms with van der Waals surface area (Å²) in [6.45, 7) is 3.78. The lowest BCUT2D eigenvalue weighted by Crippen LogP contribution is -2.26. The van der Waals surface area contributed by atoms with Gasteiger partial charge in [-0.3, -0.25) is 9.59 Å². The third-order valence-electron chi connectivity index (χ3n) is 4.87. The first kappa shape index (κ1) is 20.5. The summed E-state index contributed by atoms with van der Waals surface area (Å²) >= 11 is 0. The summed E-state index contributed by atoms with van der Waals surface area (Å²) < 4.78 is 22.8. The molecule has 1 amide bonds. The second kappa shape index (κ2) is 8.42. The third-order valence-corrected chi connectivity index (χ3v) is 4.87. The van der Waals surface area contributed by atoms with Crippen molar-refractivity contribution in [3.05, 3.63) is 29.0 Å². The zero-order chi connectivity index (χ0) is 21.1. The molecule has 1 aromatic carbocycles. The summed E-state index contributed by atoms with van der Waals surface area (Å²) in [5.74, 6) is 1.22. The van der Waals surface area contributed by atoms with E-state index in [1.54, 1.807) is 34.3 Å². The van der Waals surface area contributed by atoms with E-state index in [2.05, 4.69) is 10.4 Å². The number of nitrogens with one attached hydrogen (secondary N) is 1. The van der Waals surface area contributed by atoms with Crippen LogP contribution in [0.4, 0.5) is 5.82 Å². The van der Waals surface area contributed by atoms with Gasteiger partial charge in [0, 0.05) is 29.5 Å². The first-order valence-electron chi connectivity index (χ1n) is 9.26. The Morgan fingerprint density at radius 3 is 2.45 bits per heavy atom. The first-order chi connectivity index (χ1) is 13.9. The Balaban J connectivity index is 2.11. The number of nitrogens with zero attached hydrogens (tertiary/aromatic N) is 2. The minimum atomic E-state index is -0.419.